The fourth-order valence-electron chi connectivity index (χ4n) is 7.05. The minimum absolute atomic E-state index is 0.795. The Labute approximate surface area is 305 Å². The zero-order valence-electron chi connectivity index (χ0n) is 30.6. The molecule has 6 nitrogen and oxygen atoms in total. The van der Waals surface area contributed by atoms with Crippen LogP contribution in [0.5, 0.6) is 23.0 Å². The number of H-pyrrole nitrogens is 1. The molecule has 1 aliphatic heterocycles. The van der Waals surface area contributed by atoms with E-state index in [2.05, 4.69) is 98.6 Å². The third-order valence-electron chi connectivity index (χ3n) is 9.58. The Morgan fingerprint density at radius 3 is 1.44 bits per heavy atom. The number of rotatable bonds is 10. The fraction of sp³-hybridized carbons (Fsp3) is 0.152. The molecule has 0 spiro atoms. The molecule has 0 atom stereocenters. The molecule has 260 valence electrons. The van der Waals surface area contributed by atoms with Crippen LogP contribution in [0.3, 0.4) is 0 Å². The van der Waals surface area contributed by atoms with E-state index < -0.39 is 0 Å². The second kappa shape index (κ2) is 14.5. The molecule has 0 aliphatic carbocycles. The highest BCUT2D eigenvalue weighted by molar-refractivity contribution is 6.34. The molecule has 0 radical (unpaired) electrons. The van der Waals surface area contributed by atoms with Gasteiger partial charge in [0.05, 0.1) is 45.5 Å². The van der Waals surface area contributed by atoms with Crippen LogP contribution in [-0.4, -0.2) is 39.1 Å². The average Bonchev–Trinajstić information content (AvgIpc) is 3.82. The van der Waals surface area contributed by atoms with Crippen LogP contribution in [0.1, 0.15) is 39.1 Å². The molecule has 0 amide bonds. The number of aliphatic imine (C=N–C) groups is 1. The van der Waals surface area contributed by atoms with Crippen molar-refractivity contribution in [2.75, 3.05) is 28.4 Å². The first-order valence-corrected chi connectivity index (χ1v) is 17.2. The second-order valence-corrected chi connectivity index (χ2v) is 12.9. The standard InChI is InChI=1S/C46H42N2O4/c1-28-24-29(2)43(30(3)25-28)44(41-26-39(31-8-16-35(49-4)17-9-31)45(47-41)33-12-20-37(51-6)21-13-33)42-27-40(32-10-18-36(50-5)19-11-32)46(48-42)34-14-22-38(52-7)23-15-34/h8-27,47H,1-7H3/b44-42-. The first kappa shape index (κ1) is 34.2. The first-order chi connectivity index (χ1) is 25.3. The molecular formula is C46H42N2O4. The van der Waals surface area contributed by atoms with Crippen molar-refractivity contribution in [3.8, 4) is 45.4 Å². The molecule has 0 fully saturated rings. The smallest absolute Gasteiger partial charge is 0.118 e. The summed E-state index contributed by atoms with van der Waals surface area (Å²) >= 11 is 0. The zero-order valence-corrected chi connectivity index (χ0v) is 30.6. The Balaban J connectivity index is 1.52. The molecule has 1 N–H and O–H groups in total. The number of aromatic amines is 1. The van der Waals surface area contributed by atoms with Crippen LogP contribution in [0.4, 0.5) is 0 Å². The van der Waals surface area contributed by atoms with Gasteiger partial charge >= 0.3 is 0 Å². The van der Waals surface area contributed by atoms with Gasteiger partial charge in [0.1, 0.15) is 23.0 Å². The number of allylic oxidation sites excluding steroid dienone is 2. The normalized spacial score (nSPS) is 13.4. The minimum atomic E-state index is 0.795. The van der Waals surface area contributed by atoms with E-state index in [0.717, 1.165) is 90.3 Å². The van der Waals surface area contributed by atoms with E-state index in [0.29, 0.717) is 0 Å². The molecule has 5 aromatic carbocycles. The predicted octanol–water partition coefficient (Wildman–Crippen LogP) is 10.7. The summed E-state index contributed by atoms with van der Waals surface area (Å²) in [6, 6.07) is 39.4. The SMILES string of the molecule is COc1ccc(C2=C/C(=C(\c3cc(-c4ccc(OC)cc4)c(-c4ccc(OC)cc4)[nH]3)c3c(C)cc(C)cc3C)N=C2c2ccc(OC)cc2)cc1. The van der Waals surface area contributed by atoms with Gasteiger partial charge in [-0.2, -0.15) is 0 Å². The van der Waals surface area contributed by atoms with E-state index in [1.165, 1.54) is 16.7 Å². The van der Waals surface area contributed by atoms with Gasteiger partial charge in [-0.3, -0.25) is 0 Å². The number of ether oxygens (including phenoxy) is 4. The van der Waals surface area contributed by atoms with Gasteiger partial charge in [0.2, 0.25) is 0 Å². The molecule has 0 bridgehead atoms. The fourth-order valence-corrected chi connectivity index (χ4v) is 7.05. The number of aromatic nitrogens is 1. The summed E-state index contributed by atoms with van der Waals surface area (Å²) in [6.45, 7) is 6.52. The van der Waals surface area contributed by atoms with Gasteiger partial charge in [-0.25, -0.2) is 4.99 Å². The van der Waals surface area contributed by atoms with Crippen LogP contribution < -0.4 is 18.9 Å². The number of hydrogen-bond donors (Lipinski definition) is 1. The number of methoxy groups -OCH3 is 4. The summed E-state index contributed by atoms with van der Waals surface area (Å²) in [4.78, 5) is 9.37. The van der Waals surface area contributed by atoms with Crippen LogP contribution in [0.15, 0.2) is 132 Å². The minimum Gasteiger partial charge on any atom is -0.497 e. The van der Waals surface area contributed by atoms with Gasteiger partial charge in [-0.05, 0) is 139 Å². The quantitative estimate of drug-likeness (QED) is 0.156. The van der Waals surface area contributed by atoms with Gasteiger partial charge in [-0.1, -0.05) is 42.0 Å². The van der Waals surface area contributed by atoms with E-state index >= 15 is 0 Å². The molecule has 52 heavy (non-hydrogen) atoms. The van der Waals surface area contributed by atoms with Crippen LogP contribution >= 0.6 is 0 Å². The van der Waals surface area contributed by atoms with Crippen molar-refractivity contribution in [1.82, 2.24) is 4.98 Å². The maximum absolute atomic E-state index is 5.50. The molecule has 6 aromatic rings. The summed E-state index contributed by atoms with van der Waals surface area (Å²) < 4.78 is 22.0. The highest BCUT2D eigenvalue weighted by atomic mass is 16.5. The molecule has 0 saturated heterocycles. The van der Waals surface area contributed by atoms with Crippen molar-refractivity contribution >= 4 is 16.9 Å². The van der Waals surface area contributed by atoms with E-state index in [9.17, 15) is 0 Å². The van der Waals surface area contributed by atoms with Crippen molar-refractivity contribution in [3.63, 3.8) is 0 Å². The Kier molecular flexibility index (Phi) is 9.55. The molecule has 1 aliphatic rings. The Morgan fingerprint density at radius 1 is 0.519 bits per heavy atom. The summed E-state index contributed by atoms with van der Waals surface area (Å²) in [5.74, 6) is 3.21. The molecule has 0 unspecified atom stereocenters. The third-order valence-corrected chi connectivity index (χ3v) is 9.58. The van der Waals surface area contributed by atoms with E-state index in [1.807, 2.05) is 48.5 Å². The largest absolute Gasteiger partial charge is 0.497 e. The van der Waals surface area contributed by atoms with Crippen LogP contribution in [-0.2, 0) is 0 Å². The van der Waals surface area contributed by atoms with Gasteiger partial charge < -0.3 is 23.9 Å². The molecule has 2 heterocycles. The Hall–Kier alpha value is -6.27. The van der Waals surface area contributed by atoms with Gasteiger partial charge in [0.25, 0.3) is 0 Å². The van der Waals surface area contributed by atoms with Crippen molar-refractivity contribution in [2.24, 2.45) is 4.99 Å². The van der Waals surface area contributed by atoms with Gasteiger partial charge in [-0.15, -0.1) is 0 Å². The number of nitrogens with one attached hydrogen (secondary N) is 1. The molecule has 7 rings (SSSR count). The summed E-state index contributed by atoms with van der Waals surface area (Å²) in [7, 11) is 6.74. The lowest BCUT2D eigenvalue weighted by Crippen LogP contribution is -2.02. The Morgan fingerprint density at radius 2 is 0.962 bits per heavy atom. The number of hydrogen-bond acceptors (Lipinski definition) is 5. The summed E-state index contributed by atoms with van der Waals surface area (Å²) in [5, 5.41) is 0. The Bertz CT molecular complexity index is 2170. The zero-order chi connectivity index (χ0) is 36.4. The predicted molar refractivity (Wildman–Crippen MR) is 212 cm³/mol. The van der Waals surface area contributed by atoms with Gasteiger partial charge in [0, 0.05) is 28.0 Å². The number of benzene rings is 5. The van der Waals surface area contributed by atoms with E-state index in [1.54, 1.807) is 28.4 Å². The monoisotopic (exact) mass is 686 g/mol. The lowest BCUT2D eigenvalue weighted by Gasteiger charge is -2.16. The number of nitrogens with zero attached hydrogens (tertiary/aromatic N) is 1. The summed E-state index contributed by atoms with van der Waals surface area (Å²) in [5.41, 5.74) is 15.7. The average molecular weight is 687 g/mol. The third kappa shape index (κ3) is 6.63. The topological polar surface area (TPSA) is 65.1 Å². The molecule has 0 saturated carbocycles. The van der Waals surface area contributed by atoms with Crippen molar-refractivity contribution in [2.45, 2.75) is 20.8 Å². The van der Waals surface area contributed by atoms with Crippen molar-refractivity contribution < 1.29 is 18.9 Å². The highest BCUT2D eigenvalue weighted by Crippen LogP contribution is 2.43. The maximum Gasteiger partial charge on any atom is 0.118 e. The van der Waals surface area contributed by atoms with E-state index in [4.69, 9.17) is 23.9 Å². The molecule has 1 aromatic heterocycles. The maximum atomic E-state index is 5.50. The highest BCUT2D eigenvalue weighted by Gasteiger charge is 2.26. The van der Waals surface area contributed by atoms with Crippen molar-refractivity contribution in [1.29, 1.82) is 0 Å². The lowest BCUT2D eigenvalue weighted by molar-refractivity contribution is 0.414. The number of aryl methyl sites for hydroxylation is 3. The van der Waals surface area contributed by atoms with Crippen LogP contribution in [0, 0.1) is 20.8 Å². The summed E-state index contributed by atoms with van der Waals surface area (Å²) in [6.07, 6.45) is 2.22. The van der Waals surface area contributed by atoms with Crippen LogP contribution in [0.25, 0.3) is 33.5 Å². The van der Waals surface area contributed by atoms with Crippen LogP contribution in [0.2, 0.25) is 0 Å². The van der Waals surface area contributed by atoms with Crippen molar-refractivity contribution in [3.05, 3.63) is 166 Å². The first-order valence-electron chi connectivity index (χ1n) is 17.2. The molecule has 6 heteroatoms. The van der Waals surface area contributed by atoms with Gasteiger partial charge in [0.15, 0.2) is 0 Å². The lowest BCUT2D eigenvalue weighted by atomic mass is 9.90. The van der Waals surface area contributed by atoms with E-state index in [-0.39, 0.29) is 0 Å². The molecular weight excluding hydrogens is 645 g/mol. The second-order valence-electron chi connectivity index (χ2n) is 12.9.